The lowest BCUT2D eigenvalue weighted by Gasteiger charge is -1.98. The lowest BCUT2D eigenvalue weighted by molar-refractivity contribution is 0.0958. The number of carbonyl (C=O) groups excluding carboxylic acids is 1. The van der Waals surface area contributed by atoms with Crippen molar-refractivity contribution in [2.24, 2.45) is 5.10 Å². The van der Waals surface area contributed by atoms with Crippen molar-refractivity contribution in [2.45, 2.75) is 6.92 Å². The van der Waals surface area contributed by atoms with Crippen LogP contribution in [0.2, 0.25) is 5.02 Å². The largest absolute Gasteiger partial charge is 0.300 e. The number of nitrogens with zero attached hydrogens (tertiary/aromatic N) is 3. The van der Waals surface area contributed by atoms with Crippen molar-refractivity contribution in [3.05, 3.63) is 69.9 Å². The molecule has 7 heteroatoms. The molecule has 0 fully saturated rings. The summed E-state index contributed by atoms with van der Waals surface area (Å²) >= 11 is 7.34. The zero-order valence-corrected chi connectivity index (χ0v) is 13.8. The van der Waals surface area contributed by atoms with Crippen LogP contribution in [-0.2, 0) is 0 Å². The first kappa shape index (κ1) is 15.5. The van der Waals surface area contributed by atoms with Crippen LogP contribution in [0.1, 0.15) is 20.9 Å². The average molecular weight is 345 g/mol. The predicted molar refractivity (Wildman–Crippen MR) is 92.7 cm³/mol. The summed E-state index contributed by atoms with van der Waals surface area (Å²) in [6, 6.07) is 11.1. The molecule has 0 spiro atoms. The fraction of sp³-hybridized carbons (Fsp3) is 0.0625. The number of rotatable bonds is 4. The number of benzene rings is 1. The molecule has 0 aliphatic carbocycles. The van der Waals surface area contributed by atoms with Gasteiger partial charge < -0.3 is 4.57 Å². The van der Waals surface area contributed by atoms with Gasteiger partial charge >= 0.3 is 0 Å². The fourth-order valence-electron chi connectivity index (χ4n) is 1.96. The summed E-state index contributed by atoms with van der Waals surface area (Å²) < 4.78 is 1.86. The second-order valence-corrected chi connectivity index (χ2v) is 6.11. The molecule has 1 amide bonds. The highest BCUT2D eigenvalue weighted by Crippen LogP contribution is 2.21. The highest BCUT2D eigenvalue weighted by molar-refractivity contribution is 7.16. The van der Waals surface area contributed by atoms with Crippen molar-refractivity contribution < 1.29 is 4.79 Å². The van der Waals surface area contributed by atoms with Gasteiger partial charge in [-0.15, -0.1) is 0 Å². The maximum atomic E-state index is 12.2. The zero-order chi connectivity index (χ0) is 16.2. The fourth-order valence-corrected chi connectivity index (χ4v) is 3.06. The number of hydrogen-bond donors (Lipinski definition) is 1. The minimum absolute atomic E-state index is 0.290. The first-order valence-electron chi connectivity index (χ1n) is 6.84. The molecule has 0 bridgehead atoms. The van der Waals surface area contributed by atoms with Gasteiger partial charge in [-0.2, -0.15) is 5.10 Å². The van der Waals surface area contributed by atoms with Crippen LogP contribution in [-0.4, -0.2) is 21.7 Å². The Labute approximate surface area is 142 Å². The molecular weight excluding hydrogens is 332 g/mol. The summed E-state index contributed by atoms with van der Waals surface area (Å²) in [5.74, 6) is -0.290. The van der Waals surface area contributed by atoms with E-state index in [1.54, 1.807) is 13.0 Å². The molecule has 0 saturated carbocycles. The van der Waals surface area contributed by atoms with Crippen molar-refractivity contribution in [2.75, 3.05) is 0 Å². The number of thiazole rings is 1. The lowest BCUT2D eigenvalue weighted by atomic mass is 10.2. The Morgan fingerprint density at radius 2 is 2.04 bits per heavy atom. The molecule has 2 aromatic heterocycles. The molecule has 5 nitrogen and oxygen atoms in total. The quantitative estimate of drug-likeness (QED) is 0.580. The third kappa shape index (κ3) is 3.49. The molecule has 2 heterocycles. The van der Waals surface area contributed by atoms with Gasteiger partial charge in [0.15, 0.2) is 5.13 Å². The SMILES string of the molecule is Cc1nc(-n2cccc2)sc1C(=O)NN=Cc1ccccc1Cl. The van der Waals surface area contributed by atoms with Gasteiger partial charge in [-0.05, 0) is 25.1 Å². The van der Waals surface area contributed by atoms with Crippen LogP contribution in [0.25, 0.3) is 5.13 Å². The van der Waals surface area contributed by atoms with Crippen LogP contribution in [0.5, 0.6) is 0 Å². The van der Waals surface area contributed by atoms with E-state index in [-0.39, 0.29) is 5.91 Å². The predicted octanol–water partition coefficient (Wildman–Crippen LogP) is 3.66. The normalized spacial score (nSPS) is 11.0. The topological polar surface area (TPSA) is 59.3 Å². The van der Waals surface area contributed by atoms with Gasteiger partial charge in [0, 0.05) is 23.0 Å². The van der Waals surface area contributed by atoms with Crippen LogP contribution < -0.4 is 5.43 Å². The molecule has 3 aromatic rings. The number of nitrogens with one attached hydrogen (secondary N) is 1. The van der Waals surface area contributed by atoms with Crippen molar-refractivity contribution in [1.82, 2.24) is 15.0 Å². The molecule has 0 unspecified atom stereocenters. The van der Waals surface area contributed by atoms with E-state index < -0.39 is 0 Å². The Bertz CT molecular complexity index is 855. The molecule has 1 aromatic carbocycles. The van der Waals surface area contributed by atoms with Gasteiger partial charge in [-0.25, -0.2) is 10.4 Å². The number of hydrogen-bond acceptors (Lipinski definition) is 4. The Balaban J connectivity index is 1.73. The maximum Gasteiger partial charge on any atom is 0.283 e. The summed E-state index contributed by atoms with van der Waals surface area (Å²) in [4.78, 5) is 17.2. The monoisotopic (exact) mass is 344 g/mol. The first-order chi connectivity index (χ1) is 11.1. The van der Waals surface area contributed by atoms with E-state index >= 15 is 0 Å². The van der Waals surface area contributed by atoms with Gasteiger partial charge in [0.05, 0.1) is 11.9 Å². The van der Waals surface area contributed by atoms with Crippen molar-refractivity contribution in [3.63, 3.8) is 0 Å². The highest BCUT2D eigenvalue weighted by Gasteiger charge is 2.15. The van der Waals surface area contributed by atoms with Crippen LogP contribution in [0.15, 0.2) is 53.9 Å². The van der Waals surface area contributed by atoms with E-state index in [4.69, 9.17) is 11.6 Å². The van der Waals surface area contributed by atoms with Crippen LogP contribution >= 0.6 is 22.9 Å². The van der Waals surface area contributed by atoms with Crippen molar-refractivity contribution in [3.8, 4) is 5.13 Å². The summed E-state index contributed by atoms with van der Waals surface area (Å²) in [7, 11) is 0. The minimum Gasteiger partial charge on any atom is -0.300 e. The third-order valence-electron chi connectivity index (χ3n) is 3.09. The number of aryl methyl sites for hydroxylation is 1. The maximum absolute atomic E-state index is 12.2. The highest BCUT2D eigenvalue weighted by atomic mass is 35.5. The van der Waals surface area contributed by atoms with Crippen LogP contribution in [0.4, 0.5) is 0 Å². The van der Waals surface area contributed by atoms with Gasteiger partial charge in [-0.1, -0.05) is 41.1 Å². The molecular formula is C16H13ClN4OS. The van der Waals surface area contributed by atoms with Crippen LogP contribution in [0.3, 0.4) is 0 Å². The number of halogens is 1. The second-order valence-electron chi connectivity index (χ2n) is 4.72. The van der Waals surface area contributed by atoms with Crippen molar-refractivity contribution >= 4 is 35.1 Å². The third-order valence-corrected chi connectivity index (χ3v) is 4.61. The molecule has 0 saturated heterocycles. The molecule has 0 aliphatic heterocycles. The number of hydrazone groups is 1. The van der Waals surface area contributed by atoms with E-state index in [0.717, 1.165) is 10.7 Å². The molecule has 23 heavy (non-hydrogen) atoms. The molecule has 1 N–H and O–H groups in total. The van der Waals surface area contributed by atoms with Gasteiger partial charge in [-0.3, -0.25) is 4.79 Å². The summed E-state index contributed by atoms with van der Waals surface area (Å²) in [5.41, 5.74) is 3.92. The van der Waals surface area contributed by atoms with E-state index in [1.165, 1.54) is 17.6 Å². The van der Waals surface area contributed by atoms with Gasteiger partial charge in [0.2, 0.25) is 0 Å². The van der Waals surface area contributed by atoms with E-state index in [9.17, 15) is 4.79 Å². The molecule has 3 rings (SSSR count). The molecule has 116 valence electrons. The number of carbonyl (C=O) groups is 1. The Kier molecular flexibility index (Phi) is 4.55. The molecule has 0 radical (unpaired) electrons. The van der Waals surface area contributed by atoms with Gasteiger partial charge in [0.1, 0.15) is 4.88 Å². The first-order valence-corrected chi connectivity index (χ1v) is 8.03. The van der Waals surface area contributed by atoms with E-state index in [2.05, 4.69) is 15.5 Å². The Morgan fingerprint density at radius 1 is 1.30 bits per heavy atom. The standard InChI is InChI=1S/C16H13ClN4OS/c1-11-14(23-16(19-11)21-8-4-5-9-21)15(22)20-18-10-12-6-2-3-7-13(12)17/h2-10H,1H3,(H,20,22). The smallest absolute Gasteiger partial charge is 0.283 e. The van der Waals surface area contributed by atoms with Crippen LogP contribution in [0, 0.1) is 6.92 Å². The molecule has 0 atom stereocenters. The summed E-state index contributed by atoms with van der Waals surface area (Å²) in [6.45, 7) is 1.80. The average Bonchev–Trinajstić information content (AvgIpc) is 3.18. The zero-order valence-electron chi connectivity index (χ0n) is 12.2. The van der Waals surface area contributed by atoms with E-state index in [1.807, 2.05) is 47.3 Å². The summed E-state index contributed by atoms with van der Waals surface area (Å²) in [6.07, 6.45) is 5.29. The lowest BCUT2D eigenvalue weighted by Crippen LogP contribution is -2.17. The van der Waals surface area contributed by atoms with Gasteiger partial charge in [0.25, 0.3) is 5.91 Å². The Morgan fingerprint density at radius 3 is 2.78 bits per heavy atom. The number of amides is 1. The Hall–Kier alpha value is -2.44. The van der Waals surface area contributed by atoms with Crippen molar-refractivity contribution in [1.29, 1.82) is 0 Å². The second kappa shape index (κ2) is 6.76. The molecule has 0 aliphatic rings. The van der Waals surface area contributed by atoms with E-state index in [0.29, 0.717) is 15.6 Å². The number of aromatic nitrogens is 2. The summed E-state index contributed by atoms with van der Waals surface area (Å²) in [5, 5.41) is 5.28. The minimum atomic E-state index is -0.290.